The maximum atomic E-state index is 13.5. The number of aryl methyl sites for hydroxylation is 1. The van der Waals surface area contributed by atoms with Gasteiger partial charge >= 0.3 is 5.97 Å². The first kappa shape index (κ1) is 23.8. The van der Waals surface area contributed by atoms with Gasteiger partial charge in [-0.25, -0.2) is 13.2 Å². The molecule has 8 atom stereocenters. The summed E-state index contributed by atoms with van der Waals surface area (Å²) in [6, 6.07) is 7.01. The molecule has 1 N–H and O–H groups in total. The normalized spacial score (nSPS) is 39.6. The van der Waals surface area contributed by atoms with Crippen molar-refractivity contribution in [3.05, 3.63) is 29.8 Å². The van der Waals surface area contributed by atoms with Gasteiger partial charge in [-0.05, 0) is 77.3 Å². The van der Waals surface area contributed by atoms with Crippen LogP contribution >= 0.6 is 0 Å². The zero-order valence-corrected chi connectivity index (χ0v) is 21.0. The van der Waals surface area contributed by atoms with Crippen LogP contribution in [-0.2, 0) is 24.3 Å². The van der Waals surface area contributed by atoms with Gasteiger partial charge in [0.05, 0.1) is 28.7 Å². The summed E-state index contributed by atoms with van der Waals surface area (Å²) in [7, 11) is -3.60. The molecule has 8 heteroatoms. The molecule has 2 saturated heterocycles. The van der Waals surface area contributed by atoms with Gasteiger partial charge in [-0.2, -0.15) is 4.31 Å². The van der Waals surface area contributed by atoms with Crippen LogP contribution in [0.4, 0.5) is 0 Å². The number of nitrogens with zero attached hydrogens (tertiary/aromatic N) is 1. The van der Waals surface area contributed by atoms with Gasteiger partial charge in [0.1, 0.15) is 5.60 Å². The molecule has 2 aliphatic carbocycles. The van der Waals surface area contributed by atoms with E-state index in [2.05, 4.69) is 18.8 Å². The van der Waals surface area contributed by atoms with E-state index >= 15 is 0 Å². The summed E-state index contributed by atoms with van der Waals surface area (Å²) in [5.74, 6) is 4.37. The van der Waals surface area contributed by atoms with Crippen LogP contribution in [0.2, 0.25) is 0 Å². The number of epoxide rings is 1. The zero-order chi connectivity index (χ0) is 24.5. The van der Waals surface area contributed by atoms with Gasteiger partial charge in [0.2, 0.25) is 10.0 Å². The lowest BCUT2D eigenvalue weighted by molar-refractivity contribution is -0.136. The Morgan fingerprint density at radius 1 is 1.29 bits per heavy atom. The fourth-order valence-corrected chi connectivity index (χ4v) is 8.50. The van der Waals surface area contributed by atoms with Crippen LogP contribution in [0.3, 0.4) is 0 Å². The van der Waals surface area contributed by atoms with Crippen molar-refractivity contribution in [2.45, 2.75) is 81.1 Å². The van der Waals surface area contributed by atoms with Crippen LogP contribution in [0.5, 0.6) is 0 Å². The summed E-state index contributed by atoms with van der Waals surface area (Å²) in [6.07, 6.45) is 2.96. The Morgan fingerprint density at radius 2 is 2.00 bits per heavy atom. The average molecular weight is 488 g/mol. The van der Waals surface area contributed by atoms with Crippen LogP contribution < -0.4 is 0 Å². The molecule has 34 heavy (non-hydrogen) atoms. The molecule has 2 aliphatic heterocycles. The Bertz CT molecular complexity index is 1170. The number of carbonyl (C=O) groups is 1. The van der Waals surface area contributed by atoms with Crippen molar-refractivity contribution >= 4 is 16.0 Å². The molecule has 1 spiro atoms. The van der Waals surface area contributed by atoms with Gasteiger partial charge in [0.25, 0.3) is 0 Å². The molecule has 184 valence electrons. The number of fused-ring (bicyclic) bond motifs is 4. The quantitative estimate of drug-likeness (QED) is 0.304. The Balaban J connectivity index is 1.44. The average Bonchev–Trinajstić information content (AvgIpc) is 3.68. The van der Waals surface area contributed by atoms with Crippen LogP contribution in [0.1, 0.15) is 52.0 Å². The van der Waals surface area contributed by atoms with Crippen LogP contribution in [0.15, 0.2) is 29.2 Å². The highest BCUT2D eigenvalue weighted by Crippen LogP contribution is 2.66. The molecule has 1 unspecified atom stereocenters. The van der Waals surface area contributed by atoms with Crippen molar-refractivity contribution in [2.24, 2.45) is 17.8 Å². The van der Waals surface area contributed by atoms with Crippen LogP contribution in [0.25, 0.3) is 0 Å². The Hall–Kier alpha value is -1.92. The van der Waals surface area contributed by atoms with Crippen molar-refractivity contribution in [1.82, 2.24) is 4.31 Å². The number of carbonyl (C=O) groups excluding carboxylic acids is 1. The highest BCUT2D eigenvalue weighted by Gasteiger charge is 2.74. The van der Waals surface area contributed by atoms with Crippen LogP contribution in [0, 0.1) is 36.5 Å². The molecule has 0 aromatic heterocycles. The predicted molar refractivity (Wildman–Crippen MR) is 125 cm³/mol. The third-order valence-electron chi connectivity index (χ3n) is 8.58. The smallest absolute Gasteiger partial charge is 0.384 e. The maximum Gasteiger partial charge on any atom is 0.384 e. The summed E-state index contributed by atoms with van der Waals surface area (Å²) < 4.78 is 39.7. The topological polar surface area (TPSA) is 96.2 Å². The maximum absolute atomic E-state index is 13.5. The van der Waals surface area contributed by atoms with Gasteiger partial charge in [-0.3, -0.25) is 0 Å². The van der Waals surface area contributed by atoms with Crippen molar-refractivity contribution in [1.29, 1.82) is 0 Å². The third kappa shape index (κ3) is 3.69. The van der Waals surface area contributed by atoms with Gasteiger partial charge < -0.3 is 14.6 Å². The number of benzene rings is 1. The SMILES string of the molecule is CCOC(=O)C#C[C@@](C)(O)[C@H]1CC[C@@]2(CN2S(=O)(=O)c2ccc(C)cc2)[C@H]2CC[C@@]3(C)O[C@H]3[C@@H]21. The molecule has 1 aromatic carbocycles. The Morgan fingerprint density at radius 3 is 2.68 bits per heavy atom. The van der Waals surface area contributed by atoms with Gasteiger partial charge in [0, 0.05) is 18.4 Å². The lowest BCUT2D eigenvalue weighted by Crippen LogP contribution is -2.54. The van der Waals surface area contributed by atoms with E-state index < -0.39 is 27.1 Å². The summed E-state index contributed by atoms with van der Waals surface area (Å²) in [5, 5.41) is 11.4. The zero-order valence-electron chi connectivity index (χ0n) is 20.2. The second-order valence-corrected chi connectivity index (χ2v) is 12.6. The van der Waals surface area contributed by atoms with E-state index in [0.29, 0.717) is 24.3 Å². The number of hydrogen-bond donors (Lipinski definition) is 1. The fourth-order valence-electron chi connectivity index (χ4n) is 6.66. The minimum atomic E-state index is -3.60. The number of sulfonamides is 1. The van der Waals surface area contributed by atoms with Crippen LogP contribution in [-0.4, -0.2) is 59.8 Å². The van der Waals surface area contributed by atoms with E-state index in [4.69, 9.17) is 9.47 Å². The molecule has 2 heterocycles. The number of hydrogen-bond acceptors (Lipinski definition) is 6. The van der Waals surface area contributed by atoms with Gasteiger partial charge in [-0.1, -0.05) is 23.6 Å². The van der Waals surface area contributed by atoms with E-state index in [1.807, 2.05) is 19.1 Å². The lowest BCUT2D eigenvalue weighted by atomic mass is 9.55. The highest BCUT2D eigenvalue weighted by atomic mass is 32.2. The molecular formula is C26H33NO6S. The van der Waals surface area contributed by atoms with E-state index in [0.717, 1.165) is 18.4 Å². The first-order valence-corrected chi connectivity index (χ1v) is 13.6. The molecule has 0 amide bonds. The molecule has 4 aliphatic rings. The number of esters is 1. The molecule has 0 radical (unpaired) electrons. The van der Waals surface area contributed by atoms with Gasteiger partial charge in [-0.15, -0.1) is 0 Å². The number of aliphatic hydroxyl groups is 1. The monoisotopic (exact) mass is 487 g/mol. The summed E-state index contributed by atoms with van der Waals surface area (Å²) >= 11 is 0. The molecule has 1 aromatic rings. The van der Waals surface area contributed by atoms with Crippen molar-refractivity contribution in [2.75, 3.05) is 13.2 Å². The van der Waals surface area contributed by atoms with E-state index in [1.165, 1.54) is 0 Å². The standard InChI is InChI=1S/C26H33NO6S/c1-5-32-21(28)12-13-24(3,29)19-11-15-26(20-10-14-25(4)23(33-25)22(19)20)16-27(26)34(30,31)18-8-6-17(2)7-9-18/h6-9,19-20,22-23,29H,5,10-11,14-16H2,1-4H3/t19-,20-,22+,23-,24+,25+,26+,27?/m0/s1. The molecular weight excluding hydrogens is 454 g/mol. The summed E-state index contributed by atoms with van der Waals surface area (Å²) in [5.41, 5.74) is -1.05. The number of rotatable bonds is 4. The first-order valence-electron chi connectivity index (χ1n) is 12.1. The molecule has 5 rings (SSSR count). The molecule has 2 saturated carbocycles. The van der Waals surface area contributed by atoms with E-state index in [1.54, 1.807) is 30.3 Å². The van der Waals surface area contributed by atoms with Crippen molar-refractivity contribution in [3.63, 3.8) is 0 Å². The molecule has 4 fully saturated rings. The second-order valence-electron chi connectivity index (χ2n) is 10.8. The Labute approximate surface area is 201 Å². The fraction of sp³-hybridized carbons (Fsp3) is 0.654. The lowest BCUT2D eigenvalue weighted by Gasteiger charge is -2.49. The third-order valence-corrected chi connectivity index (χ3v) is 10.5. The van der Waals surface area contributed by atoms with Gasteiger partial charge in [0.15, 0.2) is 0 Å². The van der Waals surface area contributed by atoms with E-state index in [9.17, 15) is 18.3 Å². The predicted octanol–water partition coefficient (Wildman–Crippen LogP) is 2.65. The largest absolute Gasteiger partial charge is 0.456 e. The summed E-state index contributed by atoms with van der Waals surface area (Å²) in [4.78, 5) is 12.1. The van der Waals surface area contributed by atoms with Crippen molar-refractivity contribution < 1.29 is 27.8 Å². The Kier molecular flexibility index (Phi) is 5.45. The highest BCUT2D eigenvalue weighted by molar-refractivity contribution is 7.89. The minimum Gasteiger partial charge on any atom is -0.456 e. The first-order chi connectivity index (χ1) is 15.9. The molecule has 0 bridgehead atoms. The number of ether oxygens (including phenoxy) is 2. The van der Waals surface area contributed by atoms with E-state index in [-0.39, 0.29) is 36.1 Å². The molecule has 7 nitrogen and oxygen atoms in total. The summed E-state index contributed by atoms with van der Waals surface area (Å²) in [6.45, 7) is 8.12. The second kappa shape index (κ2) is 7.79. The van der Waals surface area contributed by atoms with Crippen molar-refractivity contribution in [3.8, 4) is 11.8 Å². The minimum absolute atomic E-state index is 0.0304.